The number of halogens is 4. The molecule has 2 rings (SSSR count). The molecule has 0 atom stereocenters. The Morgan fingerprint density at radius 2 is 1.67 bits per heavy atom. The van der Waals surface area contributed by atoms with Crippen molar-refractivity contribution in [2.24, 2.45) is 0 Å². The van der Waals surface area contributed by atoms with Gasteiger partial charge in [0.25, 0.3) is 6.43 Å². The van der Waals surface area contributed by atoms with Crippen LogP contribution in [0.4, 0.5) is 23.2 Å². The number of aromatic nitrogens is 1. The van der Waals surface area contributed by atoms with Crippen molar-refractivity contribution < 1.29 is 17.6 Å². The summed E-state index contributed by atoms with van der Waals surface area (Å²) in [5.74, 6) is -1.72. The molecule has 0 fully saturated rings. The van der Waals surface area contributed by atoms with E-state index >= 15 is 0 Å². The third-order valence-electron chi connectivity index (χ3n) is 2.36. The largest absolute Gasteiger partial charge is 0.399 e. The molecule has 6 heteroatoms. The van der Waals surface area contributed by atoms with Crippen molar-refractivity contribution in [3.05, 3.63) is 47.8 Å². The lowest BCUT2D eigenvalue weighted by Crippen LogP contribution is -1.96. The Bertz CT molecular complexity index is 544. The molecule has 0 aliphatic rings. The first-order valence-electron chi connectivity index (χ1n) is 4.98. The highest BCUT2D eigenvalue weighted by molar-refractivity contribution is 5.66. The number of benzene rings is 1. The van der Waals surface area contributed by atoms with Crippen molar-refractivity contribution >= 4 is 5.69 Å². The van der Waals surface area contributed by atoms with Gasteiger partial charge in [-0.1, -0.05) is 6.07 Å². The number of anilines is 1. The van der Waals surface area contributed by atoms with Gasteiger partial charge in [0.15, 0.2) is 0 Å². The summed E-state index contributed by atoms with van der Waals surface area (Å²) in [6.45, 7) is 0. The van der Waals surface area contributed by atoms with Crippen LogP contribution < -0.4 is 5.73 Å². The van der Waals surface area contributed by atoms with E-state index in [0.717, 1.165) is 24.4 Å². The van der Waals surface area contributed by atoms with Crippen molar-refractivity contribution in [2.75, 3.05) is 5.73 Å². The van der Waals surface area contributed by atoms with E-state index < -0.39 is 23.8 Å². The van der Waals surface area contributed by atoms with E-state index in [9.17, 15) is 17.6 Å². The van der Waals surface area contributed by atoms with Gasteiger partial charge in [0.05, 0.1) is 5.56 Å². The summed E-state index contributed by atoms with van der Waals surface area (Å²) in [7, 11) is 0. The van der Waals surface area contributed by atoms with Crippen LogP contribution in [-0.2, 0) is 0 Å². The summed E-state index contributed by atoms with van der Waals surface area (Å²) < 4.78 is 51.7. The number of pyridine rings is 1. The molecule has 0 aliphatic carbocycles. The number of hydrogen-bond donors (Lipinski definition) is 1. The third-order valence-corrected chi connectivity index (χ3v) is 2.36. The molecule has 0 aliphatic heterocycles. The van der Waals surface area contributed by atoms with E-state index in [-0.39, 0.29) is 16.8 Å². The van der Waals surface area contributed by atoms with E-state index in [1.54, 1.807) is 0 Å². The minimum Gasteiger partial charge on any atom is -0.399 e. The van der Waals surface area contributed by atoms with E-state index in [1.165, 1.54) is 6.07 Å². The topological polar surface area (TPSA) is 38.9 Å². The lowest BCUT2D eigenvalue weighted by molar-refractivity contribution is 0.146. The van der Waals surface area contributed by atoms with Crippen molar-refractivity contribution in [3.63, 3.8) is 0 Å². The maximum atomic E-state index is 13.6. The fourth-order valence-electron chi connectivity index (χ4n) is 1.55. The zero-order valence-corrected chi connectivity index (χ0v) is 9.00. The normalized spacial score (nSPS) is 10.9. The van der Waals surface area contributed by atoms with Gasteiger partial charge < -0.3 is 5.73 Å². The van der Waals surface area contributed by atoms with Gasteiger partial charge in [-0.25, -0.2) is 17.6 Å². The number of rotatable bonds is 2. The smallest absolute Gasteiger partial charge is 0.280 e. The van der Waals surface area contributed by atoms with Crippen molar-refractivity contribution in [1.82, 2.24) is 4.98 Å². The molecular weight excluding hydrogens is 248 g/mol. The summed E-state index contributed by atoms with van der Waals surface area (Å²) in [6, 6.07) is 4.13. The lowest BCUT2D eigenvalue weighted by atomic mass is 10.1. The minimum absolute atomic E-state index is 0.0501. The van der Waals surface area contributed by atoms with Gasteiger partial charge in [0, 0.05) is 17.4 Å². The number of nitrogen functional groups attached to an aromatic ring is 1. The van der Waals surface area contributed by atoms with Gasteiger partial charge in [-0.15, -0.1) is 0 Å². The lowest BCUT2D eigenvalue weighted by Gasteiger charge is -2.07. The molecule has 0 saturated heterocycles. The van der Waals surface area contributed by atoms with Gasteiger partial charge >= 0.3 is 0 Å². The Labute approximate surface area is 100 Å². The van der Waals surface area contributed by atoms with Gasteiger partial charge in [-0.2, -0.15) is 0 Å². The fraction of sp³-hybridized carbons (Fsp3) is 0.0833. The quantitative estimate of drug-likeness (QED) is 0.659. The van der Waals surface area contributed by atoms with E-state index in [4.69, 9.17) is 5.73 Å². The second-order valence-corrected chi connectivity index (χ2v) is 3.63. The molecule has 2 aromatic rings. The first-order valence-corrected chi connectivity index (χ1v) is 4.98. The number of hydrogen-bond acceptors (Lipinski definition) is 2. The highest BCUT2D eigenvalue weighted by atomic mass is 19.3. The fourth-order valence-corrected chi connectivity index (χ4v) is 1.55. The molecule has 0 spiro atoms. The number of nitrogens with zero attached hydrogens (tertiary/aromatic N) is 1. The SMILES string of the molecule is Nc1cc(F)c(-c2ccc(C(F)F)nc2)c(F)c1. The Balaban J connectivity index is 2.49. The standard InChI is InChI=1S/C12H8F4N2/c13-8-3-7(17)4-9(14)11(8)6-1-2-10(12(15)16)18-5-6/h1-5,12H,17H2. The molecule has 94 valence electrons. The molecule has 0 radical (unpaired) electrons. The van der Waals surface area contributed by atoms with Crippen molar-refractivity contribution in [2.45, 2.75) is 6.43 Å². The first kappa shape index (κ1) is 12.3. The molecule has 2 N–H and O–H groups in total. The predicted octanol–water partition coefficient (Wildman–Crippen LogP) is 3.55. The van der Waals surface area contributed by atoms with Crippen LogP contribution in [0.25, 0.3) is 11.1 Å². The second-order valence-electron chi connectivity index (χ2n) is 3.63. The molecule has 1 aromatic carbocycles. The summed E-state index contributed by atoms with van der Waals surface area (Å²) in [4.78, 5) is 3.44. The van der Waals surface area contributed by atoms with Gasteiger partial charge in [-0.3, -0.25) is 4.98 Å². The number of nitrogens with two attached hydrogens (primary N) is 1. The number of alkyl halides is 2. The van der Waals surface area contributed by atoms with Crippen LogP contribution in [0.15, 0.2) is 30.5 Å². The average Bonchev–Trinajstić information content (AvgIpc) is 2.28. The highest BCUT2D eigenvalue weighted by Gasteiger charge is 2.14. The van der Waals surface area contributed by atoms with Crippen LogP contribution >= 0.6 is 0 Å². The molecule has 18 heavy (non-hydrogen) atoms. The van der Waals surface area contributed by atoms with Gasteiger partial charge in [-0.05, 0) is 18.2 Å². The third kappa shape index (κ3) is 2.27. The van der Waals surface area contributed by atoms with Crippen LogP contribution in [0.2, 0.25) is 0 Å². The molecule has 1 aromatic heterocycles. The monoisotopic (exact) mass is 256 g/mol. The minimum atomic E-state index is -2.72. The summed E-state index contributed by atoms with van der Waals surface area (Å²) in [6.07, 6.45) is -1.72. The highest BCUT2D eigenvalue weighted by Crippen LogP contribution is 2.28. The molecule has 0 unspecified atom stereocenters. The average molecular weight is 256 g/mol. The van der Waals surface area contributed by atoms with Crippen LogP contribution in [-0.4, -0.2) is 4.98 Å². The molecule has 1 heterocycles. The van der Waals surface area contributed by atoms with Crippen LogP contribution in [0, 0.1) is 11.6 Å². The van der Waals surface area contributed by atoms with Gasteiger partial charge in [0.2, 0.25) is 0 Å². The predicted molar refractivity (Wildman–Crippen MR) is 59.0 cm³/mol. The summed E-state index contributed by atoms with van der Waals surface area (Å²) >= 11 is 0. The molecule has 0 amide bonds. The molecule has 0 bridgehead atoms. The van der Waals surface area contributed by atoms with E-state index in [1.807, 2.05) is 0 Å². The van der Waals surface area contributed by atoms with Crippen LogP contribution in [0.3, 0.4) is 0 Å². The van der Waals surface area contributed by atoms with E-state index in [0.29, 0.717) is 0 Å². The maximum absolute atomic E-state index is 13.6. The Morgan fingerprint density at radius 3 is 2.11 bits per heavy atom. The Kier molecular flexibility index (Phi) is 3.18. The van der Waals surface area contributed by atoms with E-state index in [2.05, 4.69) is 4.98 Å². The Hall–Kier alpha value is -2.11. The first-order chi connectivity index (χ1) is 8.49. The zero-order valence-electron chi connectivity index (χ0n) is 9.00. The van der Waals surface area contributed by atoms with Crippen molar-refractivity contribution in [3.8, 4) is 11.1 Å². The van der Waals surface area contributed by atoms with Crippen LogP contribution in [0.5, 0.6) is 0 Å². The second kappa shape index (κ2) is 4.64. The molecule has 2 nitrogen and oxygen atoms in total. The zero-order chi connectivity index (χ0) is 13.3. The molecule has 0 saturated carbocycles. The summed E-state index contributed by atoms with van der Waals surface area (Å²) in [5.41, 5.74) is 4.52. The molecular formula is C12H8F4N2. The summed E-state index contributed by atoms with van der Waals surface area (Å²) in [5, 5.41) is 0. The Morgan fingerprint density at radius 1 is 1.06 bits per heavy atom. The maximum Gasteiger partial charge on any atom is 0.280 e. The van der Waals surface area contributed by atoms with Crippen LogP contribution in [0.1, 0.15) is 12.1 Å². The van der Waals surface area contributed by atoms with Gasteiger partial charge in [0.1, 0.15) is 17.3 Å². The van der Waals surface area contributed by atoms with Crippen molar-refractivity contribution in [1.29, 1.82) is 0 Å².